The second kappa shape index (κ2) is 9.80. The monoisotopic (exact) mass is 517 g/mol. The molecular weight excluding hydrogens is 482 g/mol. The van der Waals surface area contributed by atoms with Crippen molar-refractivity contribution in [3.05, 3.63) is 107 Å². The molecule has 2 fully saturated rings. The number of carbonyl (C=O) groups is 1. The highest BCUT2D eigenvalue weighted by atomic mass is 16.3. The average molecular weight is 518 g/mol. The molecular formula is C34H35N3O2. The molecule has 7 rings (SSSR count). The van der Waals surface area contributed by atoms with Gasteiger partial charge in [-0.05, 0) is 83.9 Å². The first-order valence-electron chi connectivity index (χ1n) is 14.4. The zero-order valence-corrected chi connectivity index (χ0v) is 22.3. The number of hydrogen-bond donors (Lipinski definition) is 2. The molecule has 1 atom stereocenters. The molecule has 2 aliphatic heterocycles. The van der Waals surface area contributed by atoms with E-state index in [2.05, 4.69) is 66.0 Å². The summed E-state index contributed by atoms with van der Waals surface area (Å²) in [7, 11) is 0. The summed E-state index contributed by atoms with van der Waals surface area (Å²) in [5, 5.41) is 14.9. The van der Waals surface area contributed by atoms with Gasteiger partial charge in [-0.1, -0.05) is 72.8 Å². The largest absolute Gasteiger partial charge is 0.378 e. The normalized spacial score (nSPS) is 20.8. The van der Waals surface area contributed by atoms with Crippen LogP contribution in [0, 0.1) is 0 Å². The van der Waals surface area contributed by atoms with Crippen LogP contribution >= 0.6 is 0 Å². The lowest BCUT2D eigenvalue weighted by molar-refractivity contribution is -0.140. The van der Waals surface area contributed by atoms with E-state index in [0.717, 1.165) is 48.2 Å². The maximum atomic E-state index is 13.5. The summed E-state index contributed by atoms with van der Waals surface area (Å²) in [6.07, 6.45) is 5.34. The van der Waals surface area contributed by atoms with E-state index < -0.39 is 6.10 Å². The standard InChI is InChI=1S/C34H35N3O2/c38-31(27-10-5-9-26(20-27)25-8-4-7-24(19-25)23-14-15-23)32(39)37-18-6-13-30-28(22-37)21-35-33(36-30)34(16-17-34)29-11-2-1-3-12-29/h1-5,7-12,19-20,23,31,38H,6,13-18,21-22H2,(H,35,36)/t31-/m1/s1. The van der Waals surface area contributed by atoms with Crippen molar-refractivity contribution in [3.63, 3.8) is 0 Å². The van der Waals surface area contributed by atoms with Crippen LogP contribution < -0.4 is 5.32 Å². The first-order valence-corrected chi connectivity index (χ1v) is 14.4. The minimum absolute atomic E-state index is 0.0149. The van der Waals surface area contributed by atoms with Gasteiger partial charge in [0.15, 0.2) is 6.10 Å². The number of amidine groups is 1. The summed E-state index contributed by atoms with van der Waals surface area (Å²) >= 11 is 0. The van der Waals surface area contributed by atoms with Crippen LogP contribution in [-0.2, 0) is 10.2 Å². The fourth-order valence-corrected chi connectivity index (χ4v) is 6.28. The van der Waals surface area contributed by atoms with Gasteiger partial charge in [0, 0.05) is 18.8 Å². The van der Waals surface area contributed by atoms with Gasteiger partial charge in [-0.15, -0.1) is 0 Å². The van der Waals surface area contributed by atoms with E-state index >= 15 is 0 Å². The molecule has 39 heavy (non-hydrogen) atoms. The predicted molar refractivity (Wildman–Crippen MR) is 154 cm³/mol. The number of rotatable bonds is 6. The Morgan fingerprint density at radius 3 is 2.51 bits per heavy atom. The minimum Gasteiger partial charge on any atom is -0.378 e. The lowest BCUT2D eigenvalue weighted by Gasteiger charge is -2.28. The number of carbonyl (C=O) groups excluding carboxylic acids is 1. The molecule has 2 N–H and O–H groups in total. The smallest absolute Gasteiger partial charge is 0.256 e. The maximum absolute atomic E-state index is 13.5. The number of nitrogens with one attached hydrogen (secondary N) is 1. The van der Waals surface area contributed by atoms with Gasteiger partial charge in [0.2, 0.25) is 0 Å². The Hall–Kier alpha value is -3.70. The molecule has 3 aromatic rings. The van der Waals surface area contributed by atoms with Crippen LogP contribution in [-0.4, -0.2) is 41.4 Å². The average Bonchev–Trinajstić information content (AvgIpc) is 3.90. The van der Waals surface area contributed by atoms with E-state index in [-0.39, 0.29) is 11.3 Å². The van der Waals surface area contributed by atoms with Gasteiger partial charge in [0.1, 0.15) is 5.84 Å². The summed E-state index contributed by atoms with van der Waals surface area (Å²) in [6.45, 7) is 1.75. The Morgan fingerprint density at radius 1 is 0.974 bits per heavy atom. The van der Waals surface area contributed by atoms with Crippen molar-refractivity contribution >= 4 is 11.7 Å². The molecule has 4 aliphatic rings. The van der Waals surface area contributed by atoms with E-state index in [1.165, 1.54) is 29.7 Å². The number of benzene rings is 3. The first kappa shape index (κ1) is 24.3. The van der Waals surface area contributed by atoms with Gasteiger partial charge in [-0.3, -0.25) is 9.79 Å². The molecule has 0 spiro atoms. The highest BCUT2D eigenvalue weighted by Gasteiger charge is 2.50. The van der Waals surface area contributed by atoms with Gasteiger partial charge >= 0.3 is 0 Å². The summed E-state index contributed by atoms with van der Waals surface area (Å²) in [4.78, 5) is 20.3. The highest BCUT2D eigenvalue weighted by molar-refractivity contribution is 5.98. The number of nitrogens with zero attached hydrogens (tertiary/aromatic N) is 2. The van der Waals surface area contributed by atoms with Crippen LogP contribution in [0.4, 0.5) is 0 Å². The molecule has 2 saturated carbocycles. The van der Waals surface area contributed by atoms with Crippen LogP contribution in [0.5, 0.6) is 0 Å². The molecule has 1 amide bonds. The van der Waals surface area contributed by atoms with Gasteiger partial charge in [0.25, 0.3) is 5.91 Å². The van der Waals surface area contributed by atoms with Gasteiger partial charge in [-0.2, -0.15) is 0 Å². The van der Waals surface area contributed by atoms with E-state index in [1.54, 1.807) is 0 Å². The number of aliphatic imine (C=N–C) groups is 1. The van der Waals surface area contributed by atoms with Crippen LogP contribution in [0.3, 0.4) is 0 Å². The Bertz CT molecular complexity index is 1470. The van der Waals surface area contributed by atoms with E-state index in [9.17, 15) is 9.90 Å². The molecule has 0 saturated heterocycles. The van der Waals surface area contributed by atoms with E-state index in [0.29, 0.717) is 31.1 Å². The zero-order valence-electron chi connectivity index (χ0n) is 22.3. The molecule has 5 nitrogen and oxygen atoms in total. The highest BCUT2D eigenvalue weighted by Crippen LogP contribution is 2.49. The first-order chi connectivity index (χ1) is 19.1. The van der Waals surface area contributed by atoms with Crippen LogP contribution in [0.1, 0.15) is 67.2 Å². The molecule has 0 bridgehead atoms. The van der Waals surface area contributed by atoms with Crippen molar-refractivity contribution < 1.29 is 9.90 Å². The third-order valence-corrected chi connectivity index (χ3v) is 8.91. The molecule has 0 unspecified atom stereocenters. The Labute approximate surface area is 230 Å². The summed E-state index contributed by atoms with van der Waals surface area (Å²) < 4.78 is 0. The molecule has 0 radical (unpaired) electrons. The SMILES string of the molecule is O=C([C@H](O)c1cccc(-c2cccc(C3CC3)c2)c1)N1CCCC2=C(CN=C(C3(c4ccccc4)CC3)N2)C1. The number of aliphatic hydroxyl groups excluding tert-OH is 1. The Kier molecular flexibility index (Phi) is 6.12. The third-order valence-electron chi connectivity index (χ3n) is 8.91. The quantitative estimate of drug-likeness (QED) is 0.430. The van der Waals surface area contributed by atoms with Gasteiger partial charge in [-0.25, -0.2) is 0 Å². The lowest BCUT2D eigenvalue weighted by atomic mass is 9.93. The van der Waals surface area contributed by atoms with Gasteiger partial charge in [0.05, 0.1) is 12.0 Å². The summed E-state index contributed by atoms with van der Waals surface area (Å²) in [6, 6.07) is 27.2. The van der Waals surface area contributed by atoms with Crippen LogP contribution in [0.2, 0.25) is 0 Å². The predicted octanol–water partition coefficient (Wildman–Crippen LogP) is 5.87. The maximum Gasteiger partial charge on any atom is 0.256 e. The molecule has 2 aliphatic carbocycles. The molecule has 2 heterocycles. The second-order valence-corrected chi connectivity index (χ2v) is 11.6. The van der Waals surface area contributed by atoms with Crippen molar-refractivity contribution in [2.75, 3.05) is 19.6 Å². The van der Waals surface area contributed by atoms with Crippen molar-refractivity contribution in [3.8, 4) is 11.1 Å². The summed E-state index contributed by atoms with van der Waals surface area (Å²) in [5.74, 6) is 1.53. The van der Waals surface area contributed by atoms with E-state index in [1.807, 2.05) is 23.1 Å². The number of aliphatic hydroxyl groups is 1. The van der Waals surface area contributed by atoms with Crippen LogP contribution in [0.15, 0.2) is 95.1 Å². The number of allylic oxidation sites excluding steroid dienone is 1. The molecule has 3 aromatic carbocycles. The van der Waals surface area contributed by atoms with Crippen LogP contribution in [0.25, 0.3) is 11.1 Å². The number of amides is 1. The minimum atomic E-state index is -1.18. The molecule has 198 valence electrons. The Balaban J connectivity index is 1.06. The number of hydrogen-bond acceptors (Lipinski definition) is 4. The van der Waals surface area contributed by atoms with Crippen molar-refractivity contribution in [2.24, 2.45) is 4.99 Å². The molecule has 5 heteroatoms. The second-order valence-electron chi connectivity index (χ2n) is 11.6. The van der Waals surface area contributed by atoms with Crippen molar-refractivity contribution in [1.82, 2.24) is 10.2 Å². The summed E-state index contributed by atoms with van der Waals surface area (Å²) in [5.41, 5.74) is 7.91. The fraction of sp³-hybridized carbons (Fsp3) is 0.353. The zero-order chi connectivity index (χ0) is 26.4. The van der Waals surface area contributed by atoms with Gasteiger partial charge < -0.3 is 15.3 Å². The Morgan fingerprint density at radius 2 is 1.74 bits per heavy atom. The lowest BCUT2D eigenvalue weighted by Crippen LogP contribution is -2.40. The molecule has 0 aromatic heterocycles. The third kappa shape index (κ3) is 4.70. The van der Waals surface area contributed by atoms with E-state index in [4.69, 9.17) is 4.99 Å². The topological polar surface area (TPSA) is 64.9 Å². The fourth-order valence-electron chi connectivity index (χ4n) is 6.28. The van der Waals surface area contributed by atoms with Crippen molar-refractivity contribution in [2.45, 2.75) is 56.0 Å². The van der Waals surface area contributed by atoms with Crippen molar-refractivity contribution in [1.29, 1.82) is 0 Å².